The van der Waals surface area contributed by atoms with Crippen LogP contribution in [-0.2, 0) is 19.2 Å². The van der Waals surface area contributed by atoms with Gasteiger partial charge in [-0.15, -0.1) is 0 Å². The molecule has 2 aromatic carbocycles. The Kier molecular flexibility index (Phi) is 7.35. The Morgan fingerprint density at radius 2 is 0.853 bits per heavy atom. The third kappa shape index (κ3) is 2.94. The predicted molar refractivity (Wildman–Crippen MR) is 137 cm³/mol. The molecule has 176 valence electrons. The van der Waals surface area contributed by atoms with Crippen LogP contribution >= 0.6 is 0 Å². The minimum Gasteiger partial charge on any atom is -1.00 e. The minimum atomic E-state index is -2.44. The molecule has 2 aromatic rings. The van der Waals surface area contributed by atoms with Gasteiger partial charge in [0.2, 0.25) is 0 Å². The van der Waals surface area contributed by atoms with Crippen LogP contribution in [0.3, 0.4) is 0 Å². The predicted octanol–water partition coefficient (Wildman–Crippen LogP) is 1.12. The van der Waals surface area contributed by atoms with Crippen LogP contribution in [0.25, 0.3) is 0 Å². The zero-order valence-corrected chi connectivity index (χ0v) is 25.6. The van der Waals surface area contributed by atoms with Crippen LogP contribution in [0.1, 0.15) is 55.4 Å². The Bertz CT molecular complexity index is 1170. The fourth-order valence-electron chi connectivity index (χ4n) is 7.51. The molecule has 0 N–H and O–H groups in total. The molecule has 1 heterocycles. The minimum absolute atomic E-state index is 0. The summed E-state index contributed by atoms with van der Waals surface area (Å²) < 4.78 is 3.61. The summed E-state index contributed by atoms with van der Waals surface area (Å²) in [5.41, 5.74) is 9.55. The van der Waals surface area contributed by atoms with Gasteiger partial charge in [-0.05, 0) is 0 Å². The van der Waals surface area contributed by atoms with Gasteiger partial charge in [0.25, 0.3) is 0 Å². The molecule has 3 aliphatic rings. The van der Waals surface area contributed by atoms with Crippen molar-refractivity contribution in [1.29, 1.82) is 0 Å². The summed E-state index contributed by atoms with van der Waals surface area (Å²) in [6.07, 6.45) is 0. The van der Waals surface area contributed by atoms with E-state index in [-0.39, 0.29) is 54.0 Å². The fraction of sp³-hybridized carbons (Fsp3) is 0.333. The van der Waals surface area contributed by atoms with Crippen molar-refractivity contribution in [2.75, 3.05) is 0 Å². The zero-order chi connectivity index (χ0) is 23.1. The number of hydrogen-bond acceptors (Lipinski definition) is 0. The summed E-state index contributed by atoms with van der Waals surface area (Å²) in [6, 6.07) is 23.3. The Labute approximate surface area is 228 Å². The van der Waals surface area contributed by atoms with Gasteiger partial charge in [-0.1, -0.05) is 0 Å². The van der Waals surface area contributed by atoms with Crippen LogP contribution in [0.4, 0.5) is 0 Å². The van der Waals surface area contributed by atoms with Gasteiger partial charge in [-0.3, -0.25) is 0 Å². The third-order valence-electron chi connectivity index (χ3n) is 9.66. The van der Waals surface area contributed by atoms with Crippen molar-refractivity contribution < 1.29 is 44.0 Å². The van der Waals surface area contributed by atoms with E-state index in [2.05, 4.69) is 116 Å². The second-order valence-corrected chi connectivity index (χ2v) is 17.0. The topological polar surface area (TPSA) is 0 Å². The molecular formula is C30H34Cl2SiTi. The molecule has 1 fully saturated rings. The molecule has 4 heteroatoms. The molecular weight excluding hydrogens is 507 g/mol. The van der Waals surface area contributed by atoms with E-state index in [4.69, 9.17) is 0 Å². The van der Waals surface area contributed by atoms with Gasteiger partial charge in [-0.2, -0.15) is 0 Å². The molecule has 0 saturated carbocycles. The number of allylic oxidation sites excluding steroid dienone is 8. The van der Waals surface area contributed by atoms with Crippen molar-refractivity contribution in [3.8, 4) is 0 Å². The first kappa shape index (κ1) is 27.5. The maximum absolute atomic E-state index is 2.64. The molecule has 1 saturated heterocycles. The van der Waals surface area contributed by atoms with E-state index in [9.17, 15) is 0 Å². The van der Waals surface area contributed by atoms with E-state index in [0.717, 1.165) is 0 Å². The van der Waals surface area contributed by atoms with E-state index >= 15 is 0 Å². The second kappa shape index (κ2) is 9.09. The number of benzene rings is 2. The summed E-state index contributed by atoms with van der Waals surface area (Å²) in [5.74, 6) is 0. The molecule has 0 aromatic heterocycles. The first-order valence-electron chi connectivity index (χ1n) is 11.8. The van der Waals surface area contributed by atoms with Crippen LogP contribution in [0.2, 0.25) is 10.1 Å². The number of fused-ring (bicyclic) bond motifs is 2. The van der Waals surface area contributed by atoms with Gasteiger partial charge in [0.1, 0.15) is 0 Å². The molecule has 2 aliphatic carbocycles. The van der Waals surface area contributed by atoms with Crippen molar-refractivity contribution >= 4 is 18.4 Å². The number of halogens is 2. The molecule has 0 nitrogen and oxygen atoms in total. The van der Waals surface area contributed by atoms with Crippen molar-refractivity contribution in [3.05, 3.63) is 102 Å². The van der Waals surface area contributed by atoms with E-state index in [1.165, 1.54) is 0 Å². The van der Waals surface area contributed by atoms with Crippen molar-refractivity contribution in [1.82, 2.24) is 0 Å². The molecule has 5 rings (SSSR count). The number of rotatable bonds is 2. The Hall–Kier alpha value is -1.09. The van der Waals surface area contributed by atoms with Crippen LogP contribution in [0, 0.1) is 0 Å². The van der Waals surface area contributed by atoms with Crippen LogP contribution in [0.15, 0.2) is 102 Å². The quantitative estimate of drug-likeness (QED) is 0.501. The molecule has 1 aliphatic heterocycles. The van der Waals surface area contributed by atoms with Gasteiger partial charge < -0.3 is 24.8 Å². The normalized spacial score (nSPS) is 26.9. The fourth-order valence-corrected chi connectivity index (χ4v) is 20.4. The van der Waals surface area contributed by atoms with Crippen molar-refractivity contribution in [2.24, 2.45) is 0 Å². The summed E-state index contributed by atoms with van der Waals surface area (Å²) >= 11 is -0.372. The van der Waals surface area contributed by atoms with Crippen LogP contribution < -0.4 is 35.2 Å². The summed E-state index contributed by atoms with van der Waals surface area (Å²) in [5, 5.41) is 3.38. The van der Waals surface area contributed by atoms with Gasteiger partial charge in [0.15, 0.2) is 0 Å². The van der Waals surface area contributed by atoms with Gasteiger partial charge in [0, 0.05) is 0 Å². The van der Waals surface area contributed by atoms with E-state index in [1.807, 2.05) is 0 Å². The molecule has 2 unspecified atom stereocenters. The summed E-state index contributed by atoms with van der Waals surface area (Å²) in [7, 11) is -2.44. The molecule has 34 heavy (non-hydrogen) atoms. The standard InChI is InChI=1S/C30H34Si.2ClH.Ti/c1-21-19-29(7,25(5)23(21)3)31(27-15-11-9-12-16-27,28-17-13-10-14-18-28)30(8)20-22(2)24(4)26(30)6;;;/h9-18H,1-8H3;2*1H;/q;;;+2/p-2. The summed E-state index contributed by atoms with van der Waals surface area (Å²) in [4.78, 5) is 0. The largest absolute Gasteiger partial charge is 1.00 e. The molecule has 0 radical (unpaired) electrons. The average Bonchev–Trinajstić information content (AvgIpc) is 3.08. The first-order valence-corrected chi connectivity index (χ1v) is 15.4. The monoisotopic (exact) mass is 540 g/mol. The molecule has 2 atom stereocenters. The average molecular weight is 541 g/mol. The zero-order valence-electron chi connectivity index (χ0n) is 21.5. The van der Waals surface area contributed by atoms with E-state index < -0.39 is 8.07 Å². The van der Waals surface area contributed by atoms with Gasteiger partial charge in [-0.25, -0.2) is 0 Å². The Morgan fingerprint density at radius 1 is 0.529 bits per heavy atom. The van der Waals surface area contributed by atoms with Crippen LogP contribution in [-0.4, -0.2) is 8.07 Å². The maximum Gasteiger partial charge on any atom is -1.00 e. The third-order valence-corrected chi connectivity index (χ3v) is 20.6. The Morgan fingerprint density at radius 3 is 1.18 bits per heavy atom. The first-order chi connectivity index (χ1) is 15.1. The Balaban J connectivity index is 0.00000162. The second-order valence-electron chi connectivity index (χ2n) is 10.4. The van der Waals surface area contributed by atoms with Crippen molar-refractivity contribution in [2.45, 2.75) is 65.5 Å². The summed E-state index contributed by atoms with van der Waals surface area (Å²) in [6.45, 7) is 19.8. The smallest absolute Gasteiger partial charge is 1.00 e. The van der Waals surface area contributed by atoms with Gasteiger partial charge in [0.05, 0.1) is 0 Å². The van der Waals surface area contributed by atoms with E-state index in [1.54, 1.807) is 51.6 Å². The molecule has 0 bridgehead atoms. The van der Waals surface area contributed by atoms with Crippen molar-refractivity contribution in [3.63, 3.8) is 0 Å². The van der Waals surface area contributed by atoms with Gasteiger partial charge >= 0.3 is 205 Å². The number of hydrogen-bond donors (Lipinski definition) is 0. The SMILES string of the molecule is CC1=C(C)C2(C)[C](=C1C)[Ti+2][C]1=C(C)C(C)=C(C)C1(C)[Si]2(c1ccccc1)c1ccccc1.[Cl-].[Cl-]. The molecule has 0 spiro atoms. The van der Waals surface area contributed by atoms with E-state index in [0.29, 0.717) is 0 Å². The maximum atomic E-state index is 2.64. The molecule has 0 amide bonds. The van der Waals surface area contributed by atoms with Crippen LogP contribution in [0.5, 0.6) is 0 Å².